The number of para-hydroxylation sites is 2. The lowest BCUT2D eigenvalue weighted by Gasteiger charge is -2.26. The zero-order valence-corrected chi connectivity index (χ0v) is 33.1. The first-order valence-electron chi connectivity index (χ1n) is 20.5. The molecule has 0 saturated carbocycles. The Labute approximate surface area is 352 Å². The summed E-state index contributed by atoms with van der Waals surface area (Å²) in [5.41, 5.74) is 16.2. The van der Waals surface area contributed by atoms with Crippen molar-refractivity contribution >= 4 is 44.9 Å². The van der Waals surface area contributed by atoms with Crippen molar-refractivity contribution in [3.63, 3.8) is 0 Å². The predicted octanol–water partition coefficient (Wildman–Crippen LogP) is 16.4. The van der Waals surface area contributed by atoms with Crippen molar-refractivity contribution in [1.29, 1.82) is 0 Å². The van der Waals surface area contributed by atoms with Crippen molar-refractivity contribution in [1.82, 2.24) is 0 Å². The molecule has 10 aromatic carbocycles. The molecule has 10 rings (SSSR count). The summed E-state index contributed by atoms with van der Waals surface area (Å²) >= 11 is 0. The van der Waals surface area contributed by atoms with E-state index in [2.05, 4.69) is 265 Å². The number of hydrogen-bond acceptors (Lipinski definition) is 2. The van der Waals surface area contributed by atoms with Crippen molar-refractivity contribution < 1.29 is 0 Å². The number of nitrogens with zero attached hydrogens (tertiary/aromatic N) is 2. The van der Waals surface area contributed by atoms with Gasteiger partial charge in [-0.25, -0.2) is 0 Å². The summed E-state index contributed by atoms with van der Waals surface area (Å²) in [6.07, 6.45) is 0. The summed E-state index contributed by atoms with van der Waals surface area (Å²) in [6, 6.07) is 91.3. The molecule has 0 aliphatic rings. The van der Waals surface area contributed by atoms with E-state index < -0.39 is 0 Å². The first-order chi connectivity index (χ1) is 29.8. The summed E-state index contributed by atoms with van der Waals surface area (Å²) in [7, 11) is 0. The van der Waals surface area contributed by atoms with Crippen LogP contribution in [-0.2, 0) is 0 Å². The van der Waals surface area contributed by atoms with E-state index in [-0.39, 0.29) is 0 Å². The second-order valence-corrected chi connectivity index (χ2v) is 15.0. The van der Waals surface area contributed by atoms with Gasteiger partial charge in [-0.1, -0.05) is 182 Å². The van der Waals surface area contributed by atoms with Crippen molar-refractivity contribution in [3.8, 4) is 44.5 Å². The first kappa shape index (κ1) is 36.4. The fraction of sp³-hybridized carbons (Fsp3) is 0. The third-order valence-corrected chi connectivity index (χ3v) is 11.3. The maximum atomic E-state index is 2.34. The van der Waals surface area contributed by atoms with Gasteiger partial charge in [-0.15, -0.1) is 0 Å². The smallest absolute Gasteiger partial charge is 0.0467 e. The van der Waals surface area contributed by atoms with Gasteiger partial charge in [0.25, 0.3) is 0 Å². The highest BCUT2D eigenvalue weighted by Crippen LogP contribution is 2.42. The lowest BCUT2D eigenvalue weighted by atomic mass is 9.91. The van der Waals surface area contributed by atoms with E-state index in [0.717, 1.165) is 34.1 Å². The standard InChI is InChI=1S/C58H42N2/c1-5-16-43(17-6-1)45-30-36-52(37-31-45)59(50-23-9-3-10-24-50)53-38-32-46(33-39-53)56-28-14-20-48-21-15-29-57(58(48)56)47-34-40-54(41-35-47)60(51-25-11-4-12-26-51)55-27-13-22-49(42-55)44-18-7-2-8-19-44/h1-42H. The molecule has 0 saturated heterocycles. The molecular weight excluding hydrogens is 725 g/mol. The van der Waals surface area contributed by atoms with E-state index in [0.29, 0.717) is 0 Å². The van der Waals surface area contributed by atoms with Gasteiger partial charge in [0, 0.05) is 34.1 Å². The average Bonchev–Trinajstić information content (AvgIpc) is 3.33. The van der Waals surface area contributed by atoms with E-state index >= 15 is 0 Å². The first-order valence-corrected chi connectivity index (χ1v) is 20.5. The van der Waals surface area contributed by atoms with Gasteiger partial charge in [0.15, 0.2) is 0 Å². The molecule has 0 aliphatic heterocycles. The predicted molar refractivity (Wildman–Crippen MR) is 255 cm³/mol. The molecule has 0 unspecified atom stereocenters. The number of hydrogen-bond donors (Lipinski definition) is 0. The van der Waals surface area contributed by atoms with Crippen molar-refractivity contribution in [2.45, 2.75) is 0 Å². The molecule has 0 radical (unpaired) electrons. The Kier molecular flexibility index (Phi) is 10.0. The van der Waals surface area contributed by atoms with Crippen LogP contribution in [0.25, 0.3) is 55.3 Å². The van der Waals surface area contributed by atoms with E-state index in [1.54, 1.807) is 0 Å². The second-order valence-electron chi connectivity index (χ2n) is 15.0. The Balaban J connectivity index is 1.000. The molecule has 0 fully saturated rings. The molecular formula is C58H42N2. The van der Waals surface area contributed by atoms with Crippen LogP contribution >= 0.6 is 0 Å². The highest BCUT2D eigenvalue weighted by Gasteiger charge is 2.17. The van der Waals surface area contributed by atoms with Crippen LogP contribution in [0.2, 0.25) is 0 Å². The SMILES string of the molecule is c1ccc(-c2ccc(N(c3ccccc3)c3ccc(-c4cccc5cccc(-c6ccc(N(c7ccccc7)c7cccc(-c8ccccc8)c7)cc6)c45)cc3)cc2)cc1. The zero-order valence-electron chi connectivity index (χ0n) is 33.1. The minimum atomic E-state index is 1.10. The Bertz CT molecular complexity index is 2980. The quantitative estimate of drug-likeness (QED) is 0.137. The van der Waals surface area contributed by atoms with Crippen LogP contribution in [-0.4, -0.2) is 0 Å². The Morgan fingerprint density at radius 1 is 0.200 bits per heavy atom. The largest absolute Gasteiger partial charge is 0.311 e. The minimum absolute atomic E-state index is 1.10. The Morgan fingerprint density at radius 2 is 0.517 bits per heavy atom. The van der Waals surface area contributed by atoms with E-state index in [9.17, 15) is 0 Å². The van der Waals surface area contributed by atoms with Crippen LogP contribution in [0.15, 0.2) is 255 Å². The van der Waals surface area contributed by atoms with E-state index in [1.807, 2.05) is 0 Å². The summed E-state index contributed by atoms with van der Waals surface area (Å²) in [5.74, 6) is 0. The zero-order chi connectivity index (χ0) is 40.1. The average molecular weight is 767 g/mol. The molecule has 0 heterocycles. The van der Waals surface area contributed by atoms with Gasteiger partial charge in [-0.2, -0.15) is 0 Å². The van der Waals surface area contributed by atoms with Crippen LogP contribution in [0.3, 0.4) is 0 Å². The van der Waals surface area contributed by atoms with Gasteiger partial charge in [0.2, 0.25) is 0 Å². The summed E-state index contributed by atoms with van der Waals surface area (Å²) in [4.78, 5) is 4.66. The normalized spacial score (nSPS) is 11.0. The number of benzene rings is 10. The highest BCUT2D eigenvalue weighted by atomic mass is 15.1. The fourth-order valence-corrected chi connectivity index (χ4v) is 8.34. The van der Waals surface area contributed by atoms with Gasteiger partial charge >= 0.3 is 0 Å². The van der Waals surface area contributed by atoms with Gasteiger partial charge < -0.3 is 9.80 Å². The van der Waals surface area contributed by atoms with Gasteiger partial charge in [-0.3, -0.25) is 0 Å². The Morgan fingerprint density at radius 3 is 0.983 bits per heavy atom. The number of fused-ring (bicyclic) bond motifs is 1. The molecule has 284 valence electrons. The lowest BCUT2D eigenvalue weighted by Crippen LogP contribution is -2.09. The van der Waals surface area contributed by atoms with Gasteiger partial charge in [-0.05, 0) is 128 Å². The van der Waals surface area contributed by atoms with Crippen LogP contribution < -0.4 is 9.80 Å². The molecule has 10 aromatic rings. The van der Waals surface area contributed by atoms with Gasteiger partial charge in [0.1, 0.15) is 0 Å². The maximum absolute atomic E-state index is 2.34. The van der Waals surface area contributed by atoms with Crippen LogP contribution in [0.1, 0.15) is 0 Å². The lowest BCUT2D eigenvalue weighted by molar-refractivity contribution is 1.28. The summed E-state index contributed by atoms with van der Waals surface area (Å²) in [5, 5.41) is 2.46. The molecule has 60 heavy (non-hydrogen) atoms. The summed E-state index contributed by atoms with van der Waals surface area (Å²) < 4.78 is 0. The summed E-state index contributed by atoms with van der Waals surface area (Å²) in [6.45, 7) is 0. The van der Waals surface area contributed by atoms with Gasteiger partial charge in [0.05, 0.1) is 0 Å². The monoisotopic (exact) mass is 766 g/mol. The third kappa shape index (κ3) is 7.35. The van der Waals surface area contributed by atoms with Crippen molar-refractivity contribution in [3.05, 3.63) is 255 Å². The van der Waals surface area contributed by atoms with Crippen molar-refractivity contribution in [2.75, 3.05) is 9.80 Å². The molecule has 2 nitrogen and oxygen atoms in total. The highest BCUT2D eigenvalue weighted by molar-refractivity contribution is 6.06. The van der Waals surface area contributed by atoms with Crippen LogP contribution in [0.4, 0.5) is 34.1 Å². The number of anilines is 6. The molecule has 2 heteroatoms. The van der Waals surface area contributed by atoms with Crippen LogP contribution in [0, 0.1) is 0 Å². The maximum Gasteiger partial charge on any atom is 0.0467 e. The Hall–Kier alpha value is -7.94. The molecule has 0 N–H and O–H groups in total. The third-order valence-electron chi connectivity index (χ3n) is 11.3. The molecule has 0 atom stereocenters. The second kappa shape index (κ2) is 16.5. The fourth-order valence-electron chi connectivity index (χ4n) is 8.34. The van der Waals surface area contributed by atoms with E-state index in [4.69, 9.17) is 0 Å². The van der Waals surface area contributed by atoms with Crippen LogP contribution in [0.5, 0.6) is 0 Å². The topological polar surface area (TPSA) is 6.48 Å². The molecule has 0 bridgehead atoms. The van der Waals surface area contributed by atoms with E-state index in [1.165, 1.54) is 55.3 Å². The minimum Gasteiger partial charge on any atom is -0.311 e. The molecule has 0 aliphatic carbocycles. The molecule has 0 aromatic heterocycles. The number of rotatable bonds is 10. The molecule has 0 spiro atoms. The van der Waals surface area contributed by atoms with Crippen molar-refractivity contribution in [2.24, 2.45) is 0 Å². The molecule has 0 amide bonds.